The van der Waals surface area contributed by atoms with Crippen LogP contribution in [0, 0.1) is 0 Å². The first-order valence-electron chi connectivity index (χ1n) is 26.2. The maximum absolute atomic E-state index is 12.8. The highest BCUT2D eigenvalue weighted by molar-refractivity contribution is 5.71. The molecular formula is C58H96O6. The molecule has 0 amide bonds. The van der Waals surface area contributed by atoms with Gasteiger partial charge in [-0.25, -0.2) is 0 Å². The van der Waals surface area contributed by atoms with E-state index >= 15 is 0 Å². The molecule has 64 heavy (non-hydrogen) atoms. The van der Waals surface area contributed by atoms with Crippen LogP contribution in [0.3, 0.4) is 0 Å². The number of hydrogen-bond donors (Lipinski definition) is 0. The molecule has 0 aliphatic rings. The zero-order valence-electron chi connectivity index (χ0n) is 41.5. The lowest BCUT2D eigenvalue weighted by Gasteiger charge is -2.18. The van der Waals surface area contributed by atoms with Crippen LogP contribution in [0.5, 0.6) is 0 Å². The minimum Gasteiger partial charge on any atom is -0.462 e. The van der Waals surface area contributed by atoms with Gasteiger partial charge in [-0.1, -0.05) is 208 Å². The number of carbonyl (C=O) groups excluding carboxylic acids is 3. The van der Waals surface area contributed by atoms with Gasteiger partial charge in [-0.2, -0.15) is 0 Å². The van der Waals surface area contributed by atoms with E-state index < -0.39 is 6.10 Å². The lowest BCUT2D eigenvalue weighted by molar-refractivity contribution is -0.167. The minimum absolute atomic E-state index is 0.106. The molecule has 0 fully saturated rings. The Balaban J connectivity index is 4.49. The van der Waals surface area contributed by atoms with E-state index in [4.69, 9.17) is 14.2 Å². The smallest absolute Gasteiger partial charge is 0.306 e. The molecule has 0 aromatic rings. The quantitative estimate of drug-likeness (QED) is 0.0262. The maximum atomic E-state index is 12.8. The van der Waals surface area contributed by atoms with Gasteiger partial charge in [0, 0.05) is 19.3 Å². The number of carbonyl (C=O) groups is 3. The fourth-order valence-electron chi connectivity index (χ4n) is 6.89. The Hall–Kier alpha value is -3.67. The summed E-state index contributed by atoms with van der Waals surface area (Å²) in [7, 11) is 0. The molecule has 0 aromatic heterocycles. The van der Waals surface area contributed by atoms with Gasteiger partial charge in [0.1, 0.15) is 13.2 Å². The van der Waals surface area contributed by atoms with Gasteiger partial charge in [0.2, 0.25) is 0 Å². The van der Waals surface area contributed by atoms with Crippen molar-refractivity contribution in [3.05, 3.63) is 97.2 Å². The molecule has 6 nitrogen and oxygen atoms in total. The molecule has 0 aromatic carbocycles. The Labute approximate surface area is 394 Å². The number of esters is 3. The Morgan fingerprint density at radius 1 is 0.328 bits per heavy atom. The third kappa shape index (κ3) is 49.3. The van der Waals surface area contributed by atoms with E-state index in [1.165, 1.54) is 83.5 Å². The van der Waals surface area contributed by atoms with Crippen LogP contribution in [0.2, 0.25) is 0 Å². The van der Waals surface area contributed by atoms with Gasteiger partial charge in [-0.15, -0.1) is 0 Å². The van der Waals surface area contributed by atoms with E-state index in [0.717, 1.165) is 109 Å². The molecular weight excluding hydrogens is 793 g/mol. The highest BCUT2D eigenvalue weighted by Gasteiger charge is 2.19. The Morgan fingerprint density at radius 2 is 0.609 bits per heavy atom. The fourth-order valence-corrected chi connectivity index (χ4v) is 6.89. The highest BCUT2D eigenvalue weighted by Crippen LogP contribution is 2.14. The number of unbranched alkanes of at least 4 members (excludes halogenated alkanes) is 19. The predicted octanol–water partition coefficient (Wildman–Crippen LogP) is 17.4. The Bertz CT molecular complexity index is 1300. The van der Waals surface area contributed by atoms with Gasteiger partial charge >= 0.3 is 17.9 Å². The third-order valence-corrected chi connectivity index (χ3v) is 10.8. The molecule has 0 N–H and O–H groups in total. The second kappa shape index (κ2) is 52.0. The SMILES string of the molecule is CC/C=C\C/C=C\C/C=C\C/C=C\C/C=C\CCCCCC(=O)OC[C@H](COC(=O)CCCC/C=C\C/C=C\C/C=C\CCCCC)OC(=O)CCCCCCCCCCCCCC. The molecule has 0 heterocycles. The number of ether oxygens (including phenoxy) is 3. The minimum atomic E-state index is -0.805. The van der Waals surface area contributed by atoms with Crippen LogP contribution in [0.1, 0.15) is 233 Å². The van der Waals surface area contributed by atoms with Crippen molar-refractivity contribution in [2.24, 2.45) is 0 Å². The molecule has 0 saturated heterocycles. The molecule has 0 radical (unpaired) electrons. The van der Waals surface area contributed by atoms with Gasteiger partial charge < -0.3 is 14.2 Å². The molecule has 0 bridgehead atoms. The first kappa shape index (κ1) is 60.3. The topological polar surface area (TPSA) is 78.9 Å². The van der Waals surface area contributed by atoms with Crippen molar-refractivity contribution in [1.29, 1.82) is 0 Å². The fraction of sp³-hybridized carbons (Fsp3) is 0.672. The second-order valence-electron chi connectivity index (χ2n) is 17.1. The molecule has 0 saturated carbocycles. The standard InChI is InChI=1S/C58H96O6/c1-4-7-10-13-16-19-22-25-27-28-29-30-32-34-37-39-42-45-48-51-57(60)63-54-55(64-58(61)52-49-46-43-40-35-24-21-18-15-12-9-6-3)53-62-56(59)50-47-44-41-38-36-33-31-26-23-20-17-14-11-8-5-2/h7,10,16-17,19-20,25-27,29-31,34,36-38,55H,4-6,8-9,11-15,18,21-24,28,32-33,35,39-54H2,1-3H3/b10-7-,19-16-,20-17-,27-25-,30-29-,31-26-,37-34-,38-36-/t55-/m0/s1. The Morgan fingerprint density at radius 3 is 1.02 bits per heavy atom. The van der Waals surface area contributed by atoms with Crippen LogP contribution in [0.15, 0.2) is 97.2 Å². The van der Waals surface area contributed by atoms with Gasteiger partial charge in [-0.05, 0) is 103 Å². The van der Waals surface area contributed by atoms with Crippen LogP contribution in [-0.2, 0) is 28.6 Å². The third-order valence-electron chi connectivity index (χ3n) is 10.8. The first-order chi connectivity index (χ1) is 31.5. The summed E-state index contributed by atoms with van der Waals surface area (Å²) in [6.45, 7) is 6.42. The van der Waals surface area contributed by atoms with Crippen LogP contribution in [0.25, 0.3) is 0 Å². The van der Waals surface area contributed by atoms with Crippen molar-refractivity contribution in [3.63, 3.8) is 0 Å². The largest absolute Gasteiger partial charge is 0.462 e. The zero-order valence-corrected chi connectivity index (χ0v) is 41.5. The van der Waals surface area contributed by atoms with E-state index in [9.17, 15) is 14.4 Å². The molecule has 0 aliphatic carbocycles. The van der Waals surface area contributed by atoms with E-state index in [2.05, 4.69) is 118 Å². The van der Waals surface area contributed by atoms with E-state index in [1.807, 2.05) is 0 Å². The van der Waals surface area contributed by atoms with Crippen molar-refractivity contribution in [1.82, 2.24) is 0 Å². The average Bonchev–Trinajstić information content (AvgIpc) is 3.29. The normalized spacial score (nSPS) is 12.9. The molecule has 364 valence electrons. The van der Waals surface area contributed by atoms with Gasteiger partial charge in [0.05, 0.1) is 0 Å². The molecule has 1 atom stereocenters. The lowest BCUT2D eigenvalue weighted by Crippen LogP contribution is -2.30. The van der Waals surface area contributed by atoms with E-state index in [0.29, 0.717) is 19.3 Å². The van der Waals surface area contributed by atoms with Crippen molar-refractivity contribution < 1.29 is 28.6 Å². The van der Waals surface area contributed by atoms with Gasteiger partial charge in [0.25, 0.3) is 0 Å². The zero-order chi connectivity index (χ0) is 46.5. The van der Waals surface area contributed by atoms with Crippen molar-refractivity contribution in [2.75, 3.05) is 13.2 Å². The first-order valence-corrected chi connectivity index (χ1v) is 26.2. The van der Waals surface area contributed by atoms with Crippen LogP contribution < -0.4 is 0 Å². The summed E-state index contributed by atoms with van der Waals surface area (Å²) >= 11 is 0. The summed E-state index contributed by atoms with van der Waals surface area (Å²) in [6.07, 6.45) is 68.2. The molecule has 0 spiro atoms. The summed E-state index contributed by atoms with van der Waals surface area (Å²) in [5, 5.41) is 0. The second-order valence-corrected chi connectivity index (χ2v) is 17.1. The summed E-state index contributed by atoms with van der Waals surface area (Å²) < 4.78 is 16.7. The monoisotopic (exact) mass is 889 g/mol. The summed E-state index contributed by atoms with van der Waals surface area (Å²) in [5.74, 6) is -0.975. The average molecular weight is 889 g/mol. The molecule has 0 unspecified atom stereocenters. The van der Waals surface area contributed by atoms with Crippen LogP contribution in [0.4, 0.5) is 0 Å². The summed E-state index contributed by atoms with van der Waals surface area (Å²) in [6, 6.07) is 0. The lowest BCUT2D eigenvalue weighted by atomic mass is 10.0. The molecule has 0 rings (SSSR count). The highest BCUT2D eigenvalue weighted by atomic mass is 16.6. The van der Waals surface area contributed by atoms with Crippen molar-refractivity contribution in [3.8, 4) is 0 Å². The maximum Gasteiger partial charge on any atom is 0.306 e. The van der Waals surface area contributed by atoms with Crippen molar-refractivity contribution in [2.45, 2.75) is 239 Å². The van der Waals surface area contributed by atoms with E-state index in [1.54, 1.807) is 0 Å². The van der Waals surface area contributed by atoms with Crippen LogP contribution in [-0.4, -0.2) is 37.2 Å². The molecule has 0 aliphatic heterocycles. The Kier molecular flexibility index (Phi) is 49.0. The van der Waals surface area contributed by atoms with Crippen molar-refractivity contribution >= 4 is 17.9 Å². The van der Waals surface area contributed by atoms with E-state index in [-0.39, 0.29) is 31.1 Å². The molecule has 6 heteroatoms. The summed E-state index contributed by atoms with van der Waals surface area (Å²) in [4.78, 5) is 38.0. The predicted molar refractivity (Wildman–Crippen MR) is 274 cm³/mol. The number of allylic oxidation sites excluding steroid dienone is 16. The van der Waals surface area contributed by atoms with Gasteiger partial charge in [-0.3, -0.25) is 14.4 Å². The number of rotatable bonds is 46. The van der Waals surface area contributed by atoms with Gasteiger partial charge in [0.15, 0.2) is 6.10 Å². The summed E-state index contributed by atoms with van der Waals surface area (Å²) in [5.41, 5.74) is 0. The van der Waals surface area contributed by atoms with Crippen LogP contribution >= 0.6 is 0 Å². The number of hydrogen-bond acceptors (Lipinski definition) is 6.